The Morgan fingerprint density at radius 3 is 2.16 bits per heavy atom. The zero-order chi connectivity index (χ0) is 23.3. The Balaban J connectivity index is 1.91. The molecule has 1 fully saturated rings. The predicted octanol–water partition coefficient (Wildman–Crippen LogP) is 3.32. The number of methoxy groups -OCH3 is 4. The van der Waals surface area contributed by atoms with Crippen LogP contribution < -0.4 is 18.9 Å². The second-order valence-electron chi connectivity index (χ2n) is 7.56. The molecule has 1 aliphatic heterocycles. The van der Waals surface area contributed by atoms with Gasteiger partial charge in [0.2, 0.25) is 0 Å². The van der Waals surface area contributed by atoms with Crippen LogP contribution in [0.3, 0.4) is 0 Å². The van der Waals surface area contributed by atoms with Crippen molar-refractivity contribution < 1.29 is 38.3 Å². The first-order chi connectivity index (χ1) is 15.4. The van der Waals surface area contributed by atoms with Gasteiger partial charge < -0.3 is 33.5 Å². The maximum Gasteiger partial charge on any atom is 0.302 e. The van der Waals surface area contributed by atoms with E-state index in [9.17, 15) is 9.90 Å². The van der Waals surface area contributed by atoms with Crippen molar-refractivity contribution in [2.75, 3.05) is 41.7 Å². The van der Waals surface area contributed by atoms with E-state index in [2.05, 4.69) is 0 Å². The standard InChI is InChI=1S/C24H30O8/c1-14(25)31-13-18-17(23(26)15-6-8-19(27-2)21(10-15)29-4)12-32-24(18)16-7-9-20(28-3)22(11-16)30-5/h6-11,17-18,23-24,26H,12-13H2,1-5H3. The second-order valence-corrected chi connectivity index (χ2v) is 7.56. The summed E-state index contributed by atoms with van der Waals surface area (Å²) in [7, 11) is 6.24. The lowest BCUT2D eigenvalue weighted by atomic mass is 9.82. The number of hydrogen-bond acceptors (Lipinski definition) is 8. The topological polar surface area (TPSA) is 92.7 Å². The fourth-order valence-corrected chi connectivity index (χ4v) is 4.09. The summed E-state index contributed by atoms with van der Waals surface area (Å²) >= 11 is 0. The molecular weight excluding hydrogens is 416 g/mol. The van der Waals surface area contributed by atoms with Crippen molar-refractivity contribution in [3.8, 4) is 23.0 Å². The Kier molecular flexibility index (Phi) is 7.82. The number of esters is 1. The molecule has 4 atom stereocenters. The number of rotatable bonds is 9. The van der Waals surface area contributed by atoms with Crippen LogP contribution in [0.1, 0.15) is 30.3 Å². The van der Waals surface area contributed by atoms with Crippen LogP contribution >= 0.6 is 0 Å². The van der Waals surface area contributed by atoms with Gasteiger partial charge in [-0.15, -0.1) is 0 Å². The predicted molar refractivity (Wildman–Crippen MR) is 116 cm³/mol. The van der Waals surface area contributed by atoms with E-state index in [4.69, 9.17) is 28.4 Å². The average molecular weight is 446 g/mol. The molecule has 8 heteroatoms. The molecule has 0 saturated carbocycles. The third kappa shape index (κ3) is 4.92. The molecule has 1 N–H and O–H groups in total. The fourth-order valence-electron chi connectivity index (χ4n) is 4.09. The lowest BCUT2D eigenvalue weighted by Crippen LogP contribution is -2.27. The SMILES string of the molecule is COc1ccc(C(O)C2COC(c3ccc(OC)c(OC)c3)C2COC(C)=O)cc1OC. The third-order valence-electron chi connectivity index (χ3n) is 5.78. The minimum atomic E-state index is -0.861. The number of carbonyl (C=O) groups is 1. The molecule has 1 saturated heterocycles. The van der Waals surface area contributed by atoms with Crippen LogP contribution in [0.5, 0.6) is 23.0 Å². The first kappa shape index (κ1) is 23.7. The van der Waals surface area contributed by atoms with Gasteiger partial charge in [-0.05, 0) is 35.4 Å². The van der Waals surface area contributed by atoms with E-state index in [0.717, 1.165) is 5.56 Å². The van der Waals surface area contributed by atoms with Gasteiger partial charge in [-0.1, -0.05) is 12.1 Å². The van der Waals surface area contributed by atoms with Crippen LogP contribution in [0, 0.1) is 11.8 Å². The molecule has 1 heterocycles. The van der Waals surface area contributed by atoms with Gasteiger partial charge >= 0.3 is 5.97 Å². The number of aliphatic hydroxyl groups is 1. The Morgan fingerprint density at radius 1 is 0.969 bits per heavy atom. The van der Waals surface area contributed by atoms with Gasteiger partial charge in [-0.25, -0.2) is 0 Å². The molecule has 1 aliphatic rings. The quantitative estimate of drug-likeness (QED) is 0.587. The van der Waals surface area contributed by atoms with Crippen LogP contribution in [0.15, 0.2) is 36.4 Å². The van der Waals surface area contributed by atoms with E-state index in [1.165, 1.54) is 6.92 Å². The van der Waals surface area contributed by atoms with Gasteiger partial charge in [0, 0.05) is 18.8 Å². The summed E-state index contributed by atoms with van der Waals surface area (Å²) in [6.07, 6.45) is -1.26. The Labute approximate surface area is 187 Å². The fraction of sp³-hybridized carbons (Fsp3) is 0.458. The molecule has 0 spiro atoms. The largest absolute Gasteiger partial charge is 0.493 e. The van der Waals surface area contributed by atoms with Crippen molar-refractivity contribution in [3.05, 3.63) is 47.5 Å². The van der Waals surface area contributed by atoms with Crippen LogP contribution in [-0.4, -0.2) is 52.7 Å². The molecule has 8 nitrogen and oxygen atoms in total. The monoisotopic (exact) mass is 446 g/mol. The number of ether oxygens (including phenoxy) is 6. The molecule has 0 aliphatic carbocycles. The molecule has 0 radical (unpaired) electrons. The molecule has 0 amide bonds. The highest BCUT2D eigenvalue weighted by Gasteiger charge is 2.43. The molecule has 2 aromatic carbocycles. The van der Waals surface area contributed by atoms with Crippen LogP contribution in [0.2, 0.25) is 0 Å². The minimum Gasteiger partial charge on any atom is -0.493 e. The van der Waals surface area contributed by atoms with Gasteiger partial charge in [0.25, 0.3) is 0 Å². The molecule has 32 heavy (non-hydrogen) atoms. The van der Waals surface area contributed by atoms with Crippen molar-refractivity contribution in [3.63, 3.8) is 0 Å². The van der Waals surface area contributed by atoms with Crippen molar-refractivity contribution in [2.24, 2.45) is 11.8 Å². The summed E-state index contributed by atoms with van der Waals surface area (Å²) in [5.41, 5.74) is 1.51. The van der Waals surface area contributed by atoms with Gasteiger partial charge in [0.1, 0.15) is 0 Å². The smallest absolute Gasteiger partial charge is 0.302 e. The highest BCUT2D eigenvalue weighted by Crippen LogP contribution is 2.46. The number of carbonyl (C=O) groups excluding carboxylic acids is 1. The zero-order valence-electron chi connectivity index (χ0n) is 19.0. The maximum absolute atomic E-state index is 11.5. The van der Waals surface area contributed by atoms with Gasteiger partial charge in [-0.3, -0.25) is 4.79 Å². The molecule has 0 aromatic heterocycles. The Hall–Kier alpha value is -2.97. The normalized spacial score (nSPS) is 21.0. The Bertz CT molecular complexity index is 928. The van der Waals surface area contributed by atoms with Gasteiger partial charge in [0.05, 0.1) is 53.9 Å². The number of aliphatic hydroxyl groups excluding tert-OH is 1. The van der Waals surface area contributed by atoms with Crippen LogP contribution in [0.4, 0.5) is 0 Å². The van der Waals surface area contributed by atoms with E-state index in [-0.39, 0.29) is 24.4 Å². The van der Waals surface area contributed by atoms with Crippen molar-refractivity contribution in [2.45, 2.75) is 19.1 Å². The third-order valence-corrected chi connectivity index (χ3v) is 5.78. The summed E-state index contributed by atoms with van der Waals surface area (Å²) < 4.78 is 32.9. The molecule has 174 valence electrons. The van der Waals surface area contributed by atoms with Gasteiger partial charge in [-0.2, -0.15) is 0 Å². The summed E-state index contributed by atoms with van der Waals surface area (Å²) in [5.74, 6) is 1.30. The molecular formula is C24H30O8. The van der Waals surface area contributed by atoms with Crippen molar-refractivity contribution >= 4 is 5.97 Å². The highest BCUT2D eigenvalue weighted by atomic mass is 16.5. The van der Waals surface area contributed by atoms with E-state index in [0.29, 0.717) is 35.2 Å². The van der Waals surface area contributed by atoms with Crippen LogP contribution in [0.25, 0.3) is 0 Å². The van der Waals surface area contributed by atoms with Crippen molar-refractivity contribution in [1.29, 1.82) is 0 Å². The molecule has 3 rings (SSSR count). The van der Waals surface area contributed by atoms with E-state index in [1.807, 2.05) is 12.1 Å². The highest BCUT2D eigenvalue weighted by molar-refractivity contribution is 5.65. The molecule has 2 aromatic rings. The summed E-state index contributed by atoms with van der Waals surface area (Å²) in [4.78, 5) is 11.5. The second kappa shape index (κ2) is 10.6. The molecule has 0 bridgehead atoms. The van der Waals surface area contributed by atoms with E-state index in [1.54, 1.807) is 52.7 Å². The first-order valence-electron chi connectivity index (χ1n) is 10.3. The van der Waals surface area contributed by atoms with E-state index >= 15 is 0 Å². The van der Waals surface area contributed by atoms with Crippen molar-refractivity contribution in [1.82, 2.24) is 0 Å². The Morgan fingerprint density at radius 2 is 1.56 bits per heavy atom. The summed E-state index contributed by atoms with van der Waals surface area (Å²) in [6.45, 7) is 1.77. The summed E-state index contributed by atoms with van der Waals surface area (Å²) in [5, 5.41) is 11.2. The number of hydrogen-bond donors (Lipinski definition) is 1. The average Bonchev–Trinajstić information content (AvgIpc) is 3.25. The molecule has 4 unspecified atom stereocenters. The maximum atomic E-state index is 11.5. The first-order valence-corrected chi connectivity index (χ1v) is 10.3. The minimum absolute atomic E-state index is 0.114. The zero-order valence-corrected chi connectivity index (χ0v) is 19.0. The lowest BCUT2D eigenvalue weighted by Gasteiger charge is -2.27. The van der Waals surface area contributed by atoms with E-state index < -0.39 is 12.2 Å². The summed E-state index contributed by atoms with van der Waals surface area (Å²) in [6, 6.07) is 10.8. The van der Waals surface area contributed by atoms with Crippen LogP contribution in [-0.2, 0) is 14.3 Å². The lowest BCUT2D eigenvalue weighted by molar-refractivity contribution is -0.143. The number of benzene rings is 2. The van der Waals surface area contributed by atoms with Gasteiger partial charge in [0.15, 0.2) is 23.0 Å².